The number of aliphatic carboxylic acids is 1. The molecule has 19 nitrogen and oxygen atoms in total. The molecule has 2 heterocycles. The van der Waals surface area contributed by atoms with E-state index in [1.54, 1.807) is 34.9 Å². The summed E-state index contributed by atoms with van der Waals surface area (Å²) < 4.78 is 1.64. The largest absolute Gasteiger partial charge is 0.480 e. The van der Waals surface area contributed by atoms with Crippen molar-refractivity contribution < 1.29 is 44.2 Å². The van der Waals surface area contributed by atoms with E-state index in [9.17, 15) is 39.0 Å². The minimum absolute atomic E-state index is 0.0683. The van der Waals surface area contributed by atoms with Crippen molar-refractivity contribution in [2.75, 3.05) is 6.54 Å². The van der Waals surface area contributed by atoms with Gasteiger partial charge >= 0.3 is 11.9 Å². The van der Waals surface area contributed by atoms with Crippen LogP contribution in [-0.4, -0.2) is 93.7 Å². The fourth-order valence-corrected chi connectivity index (χ4v) is 6.35. The van der Waals surface area contributed by atoms with Crippen molar-refractivity contribution in [2.24, 2.45) is 5.92 Å². The first kappa shape index (κ1) is 42.9. The number of carboxylic acid groups (broad SMARTS) is 2. The Balaban J connectivity index is 1.18. The number of tetrazole rings is 1. The second kappa shape index (κ2) is 20.8. The van der Waals surface area contributed by atoms with Gasteiger partial charge in [-0.25, -0.2) is 25.2 Å². The Bertz CT molecular complexity index is 2240. The number of hydrogen-bond donors (Lipinski definition) is 8. The van der Waals surface area contributed by atoms with Gasteiger partial charge in [0, 0.05) is 31.5 Å². The van der Waals surface area contributed by atoms with Crippen LogP contribution in [0.15, 0.2) is 78.9 Å². The Morgan fingerprint density at radius 1 is 0.831 bits per heavy atom. The summed E-state index contributed by atoms with van der Waals surface area (Å²) in [7, 11) is 0. The number of amides is 4. The molecule has 0 aliphatic rings. The van der Waals surface area contributed by atoms with Gasteiger partial charge in [0.05, 0.1) is 18.7 Å². The standard InChI is InChI=1S/C40H44N10O9/c1-2-3-13-32-43-31(35(40(57)58)50(32)23-25-14-16-26(17-15-25)27-11-7-8-12-28(27)36-45-48-49-46-36)22-42-33(51)18-19-41-34(52)21-30(39(55)56)44-37(53)29(38(54)47-59)20-24-9-5-4-6-10-24/h4-12,14-17,29-30,59H,2-3,13,18-23H2,1H3,(H,41,52)(H,42,51)(H,44,53)(H,47,54)(H,55,56)(H,57,58)(H,45,46,48,49)/t29?,30-/m1/s1. The third-order valence-electron chi connectivity index (χ3n) is 9.37. The lowest BCUT2D eigenvalue weighted by atomic mass is 9.97. The van der Waals surface area contributed by atoms with Gasteiger partial charge < -0.3 is 30.7 Å². The highest BCUT2D eigenvalue weighted by Crippen LogP contribution is 2.30. The van der Waals surface area contributed by atoms with Crippen LogP contribution in [0.25, 0.3) is 22.5 Å². The van der Waals surface area contributed by atoms with Gasteiger partial charge in [0.15, 0.2) is 11.5 Å². The lowest BCUT2D eigenvalue weighted by molar-refractivity contribution is -0.146. The molecule has 4 amide bonds. The number of benzene rings is 3. The Kier molecular flexibility index (Phi) is 15.1. The van der Waals surface area contributed by atoms with E-state index in [0.717, 1.165) is 35.1 Å². The number of carbonyl (C=O) groups excluding carboxylic acids is 4. The van der Waals surface area contributed by atoms with Crippen molar-refractivity contribution in [1.29, 1.82) is 0 Å². The maximum atomic E-state index is 12.9. The summed E-state index contributed by atoms with van der Waals surface area (Å²) in [4.78, 5) is 79.7. The fourth-order valence-electron chi connectivity index (χ4n) is 6.35. The van der Waals surface area contributed by atoms with Crippen molar-refractivity contribution in [1.82, 2.24) is 51.6 Å². The van der Waals surface area contributed by atoms with Crippen LogP contribution in [0.1, 0.15) is 65.7 Å². The maximum Gasteiger partial charge on any atom is 0.354 e. The van der Waals surface area contributed by atoms with Crippen molar-refractivity contribution in [3.05, 3.63) is 107 Å². The van der Waals surface area contributed by atoms with Crippen molar-refractivity contribution in [2.45, 2.75) is 64.6 Å². The highest BCUT2D eigenvalue weighted by molar-refractivity contribution is 6.01. The predicted molar refractivity (Wildman–Crippen MR) is 209 cm³/mol. The van der Waals surface area contributed by atoms with Crippen LogP contribution in [-0.2, 0) is 49.9 Å². The Morgan fingerprint density at radius 3 is 2.19 bits per heavy atom. The van der Waals surface area contributed by atoms with E-state index >= 15 is 0 Å². The molecule has 308 valence electrons. The lowest BCUT2D eigenvalue weighted by Crippen LogP contribution is -2.49. The van der Waals surface area contributed by atoms with E-state index in [0.29, 0.717) is 23.6 Å². The molecule has 0 aliphatic heterocycles. The van der Waals surface area contributed by atoms with Gasteiger partial charge in [0.25, 0.3) is 5.91 Å². The number of aromatic amines is 1. The Morgan fingerprint density at radius 2 is 1.54 bits per heavy atom. The molecule has 0 saturated carbocycles. The molecule has 5 rings (SSSR count). The quantitative estimate of drug-likeness (QED) is 0.0300. The SMILES string of the molecule is CCCCc1nc(CNC(=O)CCNC(=O)C[C@@H](NC(=O)C(Cc2ccccc2)C(=O)NO)C(=O)O)c(C(=O)O)n1Cc1ccc(-c2ccccc2-c2nnn[nH]2)cc1. The molecule has 2 aromatic heterocycles. The molecule has 8 N–H and O–H groups in total. The average Bonchev–Trinajstić information content (AvgIpc) is 3.90. The summed E-state index contributed by atoms with van der Waals surface area (Å²) in [5, 5.41) is 50.5. The van der Waals surface area contributed by atoms with Gasteiger partial charge in [0.2, 0.25) is 17.7 Å². The zero-order valence-corrected chi connectivity index (χ0v) is 32.1. The molecule has 2 atom stereocenters. The van der Waals surface area contributed by atoms with Gasteiger partial charge in [-0.05, 0) is 45.5 Å². The number of hydroxylamine groups is 1. The lowest BCUT2D eigenvalue weighted by Gasteiger charge is -2.19. The first-order valence-corrected chi connectivity index (χ1v) is 18.8. The number of nitrogens with one attached hydrogen (secondary N) is 5. The summed E-state index contributed by atoms with van der Waals surface area (Å²) in [6.07, 6.45) is 1.02. The third kappa shape index (κ3) is 11.6. The molecule has 0 aliphatic carbocycles. The Hall–Kier alpha value is -7.28. The van der Waals surface area contributed by atoms with Crippen LogP contribution in [0.2, 0.25) is 0 Å². The topological polar surface area (TPSA) is 284 Å². The first-order valence-electron chi connectivity index (χ1n) is 18.8. The number of carbonyl (C=O) groups is 6. The number of unbranched alkanes of at least 4 members (excludes halogenated alkanes) is 1. The maximum absolute atomic E-state index is 12.9. The third-order valence-corrected chi connectivity index (χ3v) is 9.37. The molecule has 59 heavy (non-hydrogen) atoms. The minimum Gasteiger partial charge on any atom is -0.480 e. The number of aryl methyl sites for hydroxylation is 1. The van der Waals surface area contributed by atoms with Crippen molar-refractivity contribution >= 4 is 35.6 Å². The number of imidazole rings is 1. The van der Waals surface area contributed by atoms with Gasteiger partial charge in [-0.1, -0.05) is 92.2 Å². The highest BCUT2D eigenvalue weighted by atomic mass is 16.5. The van der Waals surface area contributed by atoms with Crippen LogP contribution >= 0.6 is 0 Å². The molecular weight excluding hydrogens is 765 g/mol. The number of aromatic nitrogens is 6. The van der Waals surface area contributed by atoms with Gasteiger partial charge in [-0.15, -0.1) is 5.10 Å². The second-order valence-electron chi connectivity index (χ2n) is 13.5. The molecule has 1 unspecified atom stereocenters. The van der Waals surface area contributed by atoms with E-state index in [2.05, 4.69) is 41.6 Å². The highest BCUT2D eigenvalue weighted by Gasteiger charge is 2.32. The molecule has 0 bridgehead atoms. The van der Waals surface area contributed by atoms with E-state index in [4.69, 9.17) is 5.21 Å². The number of hydrogen-bond acceptors (Lipinski definition) is 11. The van der Waals surface area contributed by atoms with E-state index < -0.39 is 53.9 Å². The molecule has 0 spiro atoms. The summed E-state index contributed by atoms with van der Waals surface area (Å²) in [6.45, 7) is 1.82. The number of nitrogens with zero attached hydrogens (tertiary/aromatic N) is 5. The van der Waals surface area contributed by atoms with Crippen LogP contribution < -0.4 is 21.4 Å². The summed E-state index contributed by atoms with van der Waals surface area (Å²) in [5.74, 6) is -6.58. The number of H-pyrrole nitrogens is 1. The summed E-state index contributed by atoms with van der Waals surface area (Å²) in [6, 6.07) is 22.0. The normalized spacial score (nSPS) is 11.9. The zero-order chi connectivity index (χ0) is 42.3. The van der Waals surface area contributed by atoms with E-state index in [-0.39, 0.29) is 43.9 Å². The van der Waals surface area contributed by atoms with Crippen LogP contribution in [0.5, 0.6) is 0 Å². The number of aromatic carboxylic acids is 1. The van der Waals surface area contributed by atoms with Crippen LogP contribution in [0, 0.1) is 5.92 Å². The molecule has 0 saturated heterocycles. The average molecular weight is 809 g/mol. The van der Waals surface area contributed by atoms with Crippen molar-refractivity contribution in [3.8, 4) is 22.5 Å². The van der Waals surface area contributed by atoms with Gasteiger partial charge in [-0.2, -0.15) is 0 Å². The predicted octanol–water partition coefficient (Wildman–Crippen LogP) is 2.27. The molecule has 5 aromatic rings. The number of carboxylic acids is 2. The van der Waals surface area contributed by atoms with Gasteiger partial charge in [0.1, 0.15) is 17.8 Å². The molecule has 0 radical (unpaired) electrons. The van der Waals surface area contributed by atoms with E-state index in [1.807, 2.05) is 55.5 Å². The first-order chi connectivity index (χ1) is 28.5. The molecule has 0 fully saturated rings. The van der Waals surface area contributed by atoms with Crippen LogP contribution in [0.4, 0.5) is 0 Å². The van der Waals surface area contributed by atoms with Gasteiger partial charge in [-0.3, -0.25) is 24.4 Å². The minimum atomic E-state index is -1.72. The smallest absolute Gasteiger partial charge is 0.354 e. The second-order valence-corrected chi connectivity index (χ2v) is 13.5. The fraction of sp³-hybridized carbons (Fsp3) is 0.300. The zero-order valence-electron chi connectivity index (χ0n) is 32.1. The molecule has 3 aromatic carbocycles. The molecule has 19 heteroatoms. The monoisotopic (exact) mass is 808 g/mol. The van der Waals surface area contributed by atoms with Crippen LogP contribution in [0.3, 0.4) is 0 Å². The number of rotatable bonds is 21. The summed E-state index contributed by atoms with van der Waals surface area (Å²) >= 11 is 0. The van der Waals surface area contributed by atoms with Crippen molar-refractivity contribution in [3.63, 3.8) is 0 Å². The molecular formula is C40H44N10O9. The Labute approximate surface area is 337 Å². The van der Waals surface area contributed by atoms with E-state index in [1.165, 1.54) is 5.48 Å². The summed E-state index contributed by atoms with van der Waals surface area (Å²) in [5.41, 5.74) is 5.52.